The number of nitrogens with two attached hydrogens (primary N) is 2. The minimum absolute atomic E-state index is 0.160. The van der Waals surface area contributed by atoms with E-state index in [-0.39, 0.29) is 6.04 Å². The van der Waals surface area contributed by atoms with Gasteiger partial charge in [-0.3, -0.25) is 0 Å². The Morgan fingerprint density at radius 3 is 2.10 bits per heavy atom. The van der Waals surface area contributed by atoms with E-state index in [9.17, 15) is 0 Å². The highest BCUT2D eigenvalue weighted by Gasteiger charge is 2.03. The van der Waals surface area contributed by atoms with Crippen LogP contribution in [0.2, 0.25) is 0 Å². The van der Waals surface area contributed by atoms with Gasteiger partial charge in [-0.2, -0.15) is 8.42 Å². The molecule has 9 heteroatoms. The van der Waals surface area contributed by atoms with Crippen molar-refractivity contribution in [2.45, 2.75) is 26.3 Å². The first-order valence-electron chi connectivity index (χ1n) is 8.93. The fourth-order valence-corrected chi connectivity index (χ4v) is 2.44. The van der Waals surface area contributed by atoms with Crippen LogP contribution < -0.4 is 25.7 Å². The lowest BCUT2D eigenvalue weighted by Gasteiger charge is -2.09. The Bertz CT molecular complexity index is 741. The second kappa shape index (κ2) is 16.8. The molecule has 0 bridgehead atoms. The zero-order valence-electron chi connectivity index (χ0n) is 16.9. The highest BCUT2D eigenvalue weighted by Crippen LogP contribution is 2.26. The first-order valence-corrected chi connectivity index (χ1v) is 10.7. The molecule has 162 valence electrons. The Labute approximate surface area is 184 Å². The third kappa shape index (κ3) is 12.1. The lowest BCUT2D eigenvalue weighted by atomic mass is 10.1. The van der Waals surface area contributed by atoms with Crippen LogP contribution in [0.25, 0.3) is 0 Å². The number of para-hydroxylation sites is 2. The van der Waals surface area contributed by atoms with E-state index in [0.717, 1.165) is 28.8 Å². The van der Waals surface area contributed by atoms with Crippen molar-refractivity contribution in [3.05, 3.63) is 48.0 Å². The number of benzene rings is 2. The number of halogens is 1. The summed E-state index contributed by atoms with van der Waals surface area (Å²) >= 11 is 2.55. The molecule has 0 heterocycles. The molecule has 0 aliphatic heterocycles. The van der Waals surface area contributed by atoms with Gasteiger partial charge >= 0.3 is 11.6 Å². The molecule has 0 radical (unpaired) electrons. The SMILES string of the molecule is CCOc1ccccc1OCCBr.COc1ccc(CC(C)N)cc1N.O=S=O. The van der Waals surface area contributed by atoms with Gasteiger partial charge in [0.25, 0.3) is 0 Å². The molecule has 2 aromatic rings. The van der Waals surface area contributed by atoms with Crippen LogP contribution in [0.1, 0.15) is 19.4 Å². The van der Waals surface area contributed by atoms with Gasteiger partial charge in [-0.25, -0.2) is 0 Å². The summed E-state index contributed by atoms with van der Waals surface area (Å²) < 4.78 is 32.5. The van der Waals surface area contributed by atoms with Crippen molar-refractivity contribution in [2.24, 2.45) is 5.73 Å². The van der Waals surface area contributed by atoms with E-state index in [1.807, 2.05) is 56.3 Å². The van der Waals surface area contributed by atoms with Crippen molar-refractivity contribution >= 4 is 33.2 Å². The molecule has 1 atom stereocenters. The predicted molar refractivity (Wildman–Crippen MR) is 121 cm³/mol. The van der Waals surface area contributed by atoms with Crippen LogP contribution in [0.5, 0.6) is 17.2 Å². The van der Waals surface area contributed by atoms with Crippen LogP contribution in [0.15, 0.2) is 42.5 Å². The highest BCUT2D eigenvalue weighted by atomic mass is 79.9. The van der Waals surface area contributed by atoms with Crippen LogP contribution in [-0.4, -0.2) is 40.1 Å². The maximum atomic E-state index is 8.29. The molecule has 0 aromatic heterocycles. The van der Waals surface area contributed by atoms with Gasteiger partial charge < -0.3 is 25.7 Å². The first-order chi connectivity index (χ1) is 13.9. The smallest absolute Gasteiger partial charge is 0.335 e. The van der Waals surface area contributed by atoms with Crippen molar-refractivity contribution in [2.75, 3.05) is 31.4 Å². The average Bonchev–Trinajstić information content (AvgIpc) is 2.68. The lowest BCUT2D eigenvalue weighted by Crippen LogP contribution is -2.17. The molecular formula is C20H29BrN2O5S. The number of hydrogen-bond donors (Lipinski definition) is 2. The second-order valence-electron chi connectivity index (χ2n) is 5.74. The van der Waals surface area contributed by atoms with Gasteiger partial charge in [0.1, 0.15) is 5.75 Å². The van der Waals surface area contributed by atoms with E-state index in [1.165, 1.54) is 0 Å². The molecule has 1 unspecified atom stereocenters. The Balaban J connectivity index is 0.000000477. The molecule has 0 spiro atoms. The van der Waals surface area contributed by atoms with Crippen molar-refractivity contribution in [3.8, 4) is 17.2 Å². The van der Waals surface area contributed by atoms with Crippen molar-refractivity contribution in [1.29, 1.82) is 0 Å². The normalized spacial score (nSPS) is 10.4. The number of nitrogen functional groups attached to an aromatic ring is 1. The first kappa shape index (κ1) is 26.9. The number of hydrogen-bond acceptors (Lipinski definition) is 7. The van der Waals surface area contributed by atoms with Crippen LogP contribution in [0.3, 0.4) is 0 Å². The molecule has 0 aliphatic rings. The summed E-state index contributed by atoms with van der Waals surface area (Å²) in [5.74, 6) is 2.34. The van der Waals surface area contributed by atoms with E-state index in [1.54, 1.807) is 7.11 Å². The minimum atomic E-state index is -0.750. The molecule has 29 heavy (non-hydrogen) atoms. The molecule has 4 N–H and O–H groups in total. The number of rotatable bonds is 8. The predicted octanol–water partition coefficient (Wildman–Crippen LogP) is 3.36. The van der Waals surface area contributed by atoms with Gasteiger partial charge in [0.2, 0.25) is 0 Å². The molecule has 0 fully saturated rings. The Morgan fingerprint density at radius 1 is 1.07 bits per heavy atom. The second-order valence-corrected chi connectivity index (χ2v) is 6.67. The minimum Gasteiger partial charge on any atom is -0.495 e. The average molecular weight is 489 g/mol. The maximum absolute atomic E-state index is 8.29. The van der Waals surface area contributed by atoms with E-state index >= 15 is 0 Å². The van der Waals surface area contributed by atoms with Gasteiger partial charge in [-0.1, -0.05) is 34.1 Å². The Hall–Kier alpha value is -2.10. The van der Waals surface area contributed by atoms with E-state index in [4.69, 9.17) is 34.1 Å². The number of anilines is 1. The third-order valence-electron chi connectivity index (χ3n) is 3.34. The standard InChI is InChI=1S/C10H13BrO2.C10H16N2O.O2S/c1-2-12-9-5-3-4-6-10(9)13-8-7-11;1-7(11)5-8-3-4-10(13-2)9(12)6-8;1-3-2/h3-6H,2,7-8H2,1H3;3-4,6-7H,5,11-12H2,1-2H3;. The van der Waals surface area contributed by atoms with E-state index < -0.39 is 11.6 Å². The van der Waals surface area contributed by atoms with Crippen LogP contribution in [-0.2, 0) is 18.0 Å². The summed E-state index contributed by atoms with van der Waals surface area (Å²) in [6.07, 6.45) is 0.841. The van der Waals surface area contributed by atoms with Crippen LogP contribution >= 0.6 is 15.9 Å². The summed E-state index contributed by atoms with van der Waals surface area (Å²) in [7, 11) is 1.61. The molecule has 0 aliphatic carbocycles. The zero-order chi connectivity index (χ0) is 22.1. The summed E-state index contributed by atoms with van der Waals surface area (Å²) in [5, 5.41) is 0.827. The topological polar surface area (TPSA) is 114 Å². The molecule has 2 rings (SSSR count). The number of ether oxygens (including phenoxy) is 3. The molecule has 0 saturated carbocycles. The van der Waals surface area contributed by atoms with E-state index in [2.05, 4.69) is 15.9 Å². The van der Waals surface area contributed by atoms with E-state index in [0.29, 0.717) is 24.7 Å². The quantitative estimate of drug-likeness (QED) is 0.432. The molecule has 0 saturated heterocycles. The largest absolute Gasteiger partial charge is 0.495 e. The third-order valence-corrected chi connectivity index (χ3v) is 3.66. The number of methoxy groups -OCH3 is 1. The molecule has 2 aromatic carbocycles. The fraction of sp³-hybridized carbons (Fsp3) is 0.400. The van der Waals surface area contributed by atoms with Crippen LogP contribution in [0.4, 0.5) is 5.69 Å². The number of alkyl halides is 1. The van der Waals surface area contributed by atoms with Gasteiger partial charge in [0.15, 0.2) is 11.5 Å². The molecule has 7 nitrogen and oxygen atoms in total. The van der Waals surface area contributed by atoms with Crippen LogP contribution in [0, 0.1) is 0 Å². The Morgan fingerprint density at radius 2 is 1.66 bits per heavy atom. The summed E-state index contributed by atoms with van der Waals surface area (Å²) in [4.78, 5) is 0. The Kier molecular flexibility index (Phi) is 15.6. The van der Waals surface area contributed by atoms with Crippen molar-refractivity contribution in [3.63, 3.8) is 0 Å². The maximum Gasteiger partial charge on any atom is 0.335 e. The summed E-state index contributed by atoms with van der Waals surface area (Å²) in [6.45, 7) is 5.25. The van der Waals surface area contributed by atoms with Gasteiger partial charge in [-0.15, -0.1) is 0 Å². The molecular weight excluding hydrogens is 460 g/mol. The summed E-state index contributed by atoms with van der Waals surface area (Å²) in [5.41, 5.74) is 13.2. The fourth-order valence-electron chi connectivity index (χ4n) is 2.28. The van der Waals surface area contributed by atoms with Gasteiger partial charge in [-0.05, 0) is 50.1 Å². The highest BCUT2D eigenvalue weighted by molar-refractivity contribution is 9.09. The monoisotopic (exact) mass is 488 g/mol. The van der Waals surface area contributed by atoms with Crippen molar-refractivity contribution in [1.82, 2.24) is 0 Å². The van der Waals surface area contributed by atoms with Gasteiger partial charge in [0, 0.05) is 11.4 Å². The summed E-state index contributed by atoms with van der Waals surface area (Å²) in [6, 6.07) is 13.6. The van der Waals surface area contributed by atoms with Crippen molar-refractivity contribution < 1.29 is 22.6 Å². The molecule has 0 amide bonds. The van der Waals surface area contributed by atoms with Gasteiger partial charge in [0.05, 0.1) is 26.0 Å². The zero-order valence-corrected chi connectivity index (χ0v) is 19.3. The lowest BCUT2D eigenvalue weighted by molar-refractivity contribution is 0.290.